The van der Waals surface area contributed by atoms with Crippen molar-refractivity contribution < 1.29 is 4.79 Å². The van der Waals surface area contributed by atoms with Gasteiger partial charge >= 0.3 is 0 Å². The molecule has 1 amide bonds. The van der Waals surface area contributed by atoms with E-state index >= 15 is 0 Å². The molecule has 1 aliphatic heterocycles. The number of aryl methyl sites for hydroxylation is 1. The molecule has 5 nitrogen and oxygen atoms in total. The predicted octanol–water partition coefficient (Wildman–Crippen LogP) is 2.62. The van der Waals surface area contributed by atoms with E-state index in [9.17, 15) is 4.79 Å². The molecule has 1 aliphatic rings. The zero-order chi connectivity index (χ0) is 15.2. The Morgan fingerprint density at radius 2 is 2.00 bits per heavy atom. The van der Waals surface area contributed by atoms with Gasteiger partial charge < -0.3 is 10.2 Å². The van der Waals surface area contributed by atoms with Gasteiger partial charge in [-0.3, -0.25) is 4.79 Å². The Balaban J connectivity index is 1.84. The monoisotopic (exact) mass is 290 g/mol. The lowest BCUT2D eigenvalue weighted by Gasteiger charge is -2.34. The summed E-state index contributed by atoms with van der Waals surface area (Å²) < 4.78 is 0. The Bertz CT molecular complexity index is 465. The fraction of sp³-hybridized carbons (Fsp3) is 0.688. The number of nitrogens with zero attached hydrogens (tertiary/aromatic N) is 3. The van der Waals surface area contributed by atoms with Crippen molar-refractivity contribution in [3.8, 4) is 0 Å². The van der Waals surface area contributed by atoms with Crippen LogP contribution >= 0.6 is 0 Å². The number of piperidine rings is 1. The van der Waals surface area contributed by atoms with Crippen molar-refractivity contribution in [2.75, 3.05) is 18.4 Å². The highest BCUT2D eigenvalue weighted by Gasteiger charge is 2.26. The average Bonchev–Trinajstić information content (AvgIpc) is 2.49. The molecule has 0 aromatic carbocycles. The van der Waals surface area contributed by atoms with Gasteiger partial charge in [-0.25, -0.2) is 9.97 Å². The predicted molar refractivity (Wildman–Crippen MR) is 84.1 cm³/mol. The third kappa shape index (κ3) is 4.16. The summed E-state index contributed by atoms with van der Waals surface area (Å²) in [5, 5.41) is 3.45. The van der Waals surface area contributed by atoms with Crippen LogP contribution in [-0.2, 0) is 4.79 Å². The summed E-state index contributed by atoms with van der Waals surface area (Å²) in [5.74, 6) is 1.41. The molecule has 1 fully saturated rings. The zero-order valence-electron chi connectivity index (χ0n) is 13.3. The minimum atomic E-state index is 0.194. The number of nitrogens with one attached hydrogen (secondary N) is 1. The summed E-state index contributed by atoms with van der Waals surface area (Å²) in [6.07, 6.45) is 5.43. The van der Waals surface area contributed by atoms with Gasteiger partial charge in [0.2, 0.25) is 5.91 Å². The van der Waals surface area contributed by atoms with Gasteiger partial charge in [0.15, 0.2) is 0 Å². The van der Waals surface area contributed by atoms with Crippen LogP contribution in [0.4, 0.5) is 5.82 Å². The van der Waals surface area contributed by atoms with E-state index in [1.165, 1.54) is 0 Å². The second-order valence-corrected chi connectivity index (χ2v) is 5.80. The van der Waals surface area contributed by atoms with E-state index in [0.29, 0.717) is 11.9 Å². The summed E-state index contributed by atoms with van der Waals surface area (Å²) in [6.45, 7) is 7.84. The van der Waals surface area contributed by atoms with Gasteiger partial charge in [0.05, 0.1) is 0 Å². The smallest absolute Gasteiger partial charge is 0.225 e. The fourth-order valence-corrected chi connectivity index (χ4v) is 2.88. The molecule has 5 heteroatoms. The second kappa shape index (κ2) is 7.38. The number of hydrogen-bond acceptors (Lipinski definition) is 4. The molecule has 0 radical (unpaired) electrons. The molecule has 116 valence electrons. The fourth-order valence-electron chi connectivity index (χ4n) is 2.88. The van der Waals surface area contributed by atoms with Gasteiger partial charge in [-0.15, -0.1) is 0 Å². The summed E-state index contributed by atoms with van der Waals surface area (Å²) in [7, 11) is 0. The molecule has 1 N–H and O–H groups in total. The summed E-state index contributed by atoms with van der Waals surface area (Å²) >= 11 is 0. The Morgan fingerprint density at radius 1 is 1.33 bits per heavy atom. The molecule has 0 aliphatic carbocycles. The molecule has 1 aromatic rings. The van der Waals surface area contributed by atoms with Gasteiger partial charge in [-0.05, 0) is 32.6 Å². The maximum Gasteiger partial charge on any atom is 0.225 e. The van der Waals surface area contributed by atoms with Crippen molar-refractivity contribution in [2.24, 2.45) is 5.92 Å². The lowest BCUT2D eigenvalue weighted by Crippen LogP contribution is -2.44. The minimum absolute atomic E-state index is 0.194. The Hall–Kier alpha value is -1.65. The van der Waals surface area contributed by atoms with Gasteiger partial charge in [0.25, 0.3) is 0 Å². The van der Waals surface area contributed by atoms with Crippen LogP contribution in [-0.4, -0.2) is 39.9 Å². The quantitative estimate of drug-likeness (QED) is 0.905. The lowest BCUT2D eigenvalue weighted by molar-refractivity contribution is -0.136. The van der Waals surface area contributed by atoms with E-state index in [0.717, 1.165) is 50.3 Å². The van der Waals surface area contributed by atoms with Gasteiger partial charge in [-0.1, -0.05) is 13.8 Å². The SMILES string of the molecule is CCC(CC)C(=O)N1CCC(Nc2cc(C)ncn2)CC1. The number of likely N-dealkylation sites (tertiary alicyclic amines) is 1. The summed E-state index contributed by atoms with van der Waals surface area (Å²) in [5.41, 5.74) is 0.967. The normalized spacial score (nSPS) is 16.3. The number of carbonyl (C=O) groups is 1. The van der Waals surface area contributed by atoms with Crippen LogP contribution in [0.3, 0.4) is 0 Å². The Kier molecular flexibility index (Phi) is 5.53. The Morgan fingerprint density at radius 3 is 2.57 bits per heavy atom. The maximum absolute atomic E-state index is 12.4. The van der Waals surface area contributed by atoms with Crippen LogP contribution < -0.4 is 5.32 Å². The molecule has 1 aromatic heterocycles. The van der Waals surface area contributed by atoms with Gasteiger partial charge in [0.1, 0.15) is 12.1 Å². The number of aromatic nitrogens is 2. The molecule has 0 spiro atoms. The lowest BCUT2D eigenvalue weighted by atomic mass is 9.98. The van der Waals surface area contributed by atoms with Crippen molar-refractivity contribution in [3.63, 3.8) is 0 Å². The summed E-state index contributed by atoms with van der Waals surface area (Å²) in [6, 6.07) is 2.35. The molecule has 2 heterocycles. The van der Waals surface area contributed by atoms with E-state index in [1.54, 1.807) is 6.33 Å². The topological polar surface area (TPSA) is 58.1 Å². The first-order valence-corrected chi connectivity index (χ1v) is 7.98. The summed E-state index contributed by atoms with van der Waals surface area (Å²) in [4.78, 5) is 22.7. The highest BCUT2D eigenvalue weighted by molar-refractivity contribution is 5.78. The molecule has 0 atom stereocenters. The molecule has 0 bridgehead atoms. The van der Waals surface area contributed by atoms with Crippen molar-refractivity contribution in [1.29, 1.82) is 0 Å². The van der Waals surface area contributed by atoms with E-state index in [4.69, 9.17) is 0 Å². The number of anilines is 1. The van der Waals surface area contributed by atoms with E-state index < -0.39 is 0 Å². The molecule has 21 heavy (non-hydrogen) atoms. The van der Waals surface area contributed by atoms with Crippen LogP contribution in [0.2, 0.25) is 0 Å². The van der Waals surface area contributed by atoms with E-state index in [2.05, 4.69) is 29.1 Å². The van der Waals surface area contributed by atoms with Crippen molar-refractivity contribution in [1.82, 2.24) is 14.9 Å². The van der Waals surface area contributed by atoms with Crippen molar-refractivity contribution in [3.05, 3.63) is 18.1 Å². The van der Waals surface area contributed by atoms with Crippen molar-refractivity contribution >= 4 is 11.7 Å². The standard InChI is InChI=1S/C16H26N4O/c1-4-13(5-2)16(21)20-8-6-14(7-9-20)19-15-10-12(3)17-11-18-15/h10-11,13-14H,4-9H2,1-3H3,(H,17,18,19). The molecule has 2 rings (SSSR count). The van der Waals surface area contributed by atoms with Crippen LogP contribution in [0.15, 0.2) is 12.4 Å². The minimum Gasteiger partial charge on any atom is -0.367 e. The Labute approximate surface area is 127 Å². The van der Waals surface area contributed by atoms with E-state index in [-0.39, 0.29) is 5.92 Å². The highest BCUT2D eigenvalue weighted by atomic mass is 16.2. The number of rotatable bonds is 5. The number of carbonyl (C=O) groups excluding carboxylic acids is 1. The van der Waals surface area contributed by atoms with Gasteiger partial charge in [0, 0.05) is 36.8 Å². The number of amides is 1. The highest BCUT2D eigenvalue weighted by Crippen LogP contribution is 2.19. The van der Waals surface area contributed by atoms with E-state index in [1.807, 2.05) is 17.9 Å². The molecule has 1 saturated heterocycles. The first-order valence-electron chi connectivity index (χ1n) is 7.98. The molecule has 0 unspecified atom stereocenters. The third-order valence-electron chi connectivity index (χ3n) is 4.30. The maximum atomic E-state index is 12.4. The second-order valence-electron chi connectivity index (χ2n) is 5.80. The van der Waals surface area contributed by atoms with Crippen LogP contribution in [0, 0.1) is 12.8 Å². The average molecular weight is 290 g/mol. The van der Waals surface area contributed by atoms with Crippen LogP contribution in [0.1, 0.15) is 45.2 Å². The number of hydrogen-bond donors (Lipinski definition) is 1. The first kappa shape index (κ1) is 15.7. The van der Waals surface area contributed by atoms with Gasteiger partial charge in [-0.2, -0.15) is 0 Å². The first-order chi connectivity index (χ1) is 10.1. The zero-order valence-corrected chi connectivity index (χ0v) is 13.3. The molecular weight excluding hydrogens is 264 g/mol. The molecular formula is C16H26N4O. The van der Waals surface area contributed by atoms with Crippen LogP contribution in [0.5, 0.6) is 0 Å². The third-order valence-corrected chi connectivity index (χ3v) is 4.30. The van der Waals surface area contributed by atoms with Crippen LogP contribution in [0.25, 0.3) is 0 Å². The van der Waals surface area contributed by atoms with Crippen molar-refractivity contribution in [2.45, 2.75) is 52.5 Å². The largest absolute Gasteiger partial charge is 0.367 e. The molecule has 0 saturated carbocycles.